The highest BCUT2D eigenvalue weighted by Gasteiger charge is 2.09. The molecule has 1 aromatic rings. The maximum atomic E-state index is 13.5. The summed E-state index contributed by atoms with van der Waals surface area (Å²) in [4.78, 5) is 0. The molecule has 0 aliphatic carbocycles. The first-order valence-electron chi connectivity index (χ1n) is 4.49. The van der Waals surface area contributed by atoms with Crippen LogP contribution in [0.2, 0.25) is 5.02 Å². The van der Waals surface area contributed by atoms with Gasteiger partial charge in [-0.2, -0.15) is 0 Å². The smallest absolute Gasteiger partial charge is 0.146 e. The third kappa shape index (κ3) is 2.94. The van der Waals surface area contributed by atoms with E-state index in [0.29, 0.717) is 18.5 Å². The fourth-order valence-electron chi connectivity index (χ4n) is 1.24. The second-order valence-corrected chi connectivity index (χ2v) is 4.33. The SMILES string of the molecule is NCCCCc1c(Br)ccc(Cl)c1F. The number of benzene rings is 1. The lowest BCUT2D eigenvalue weighted by molar-refractivity contribution is 0.599. The minimum atomic E-state index is -0.321. The molecule has 0 aliphatic heterocycles. The summed E-state index contributed by atoms with van der Waals surface area (Å²) < 4.78 is 14.3. The molecule has 0 unspecified atom stereocenters. The number of hydrogen-bond donors (Lipinski definition) is 1. The maximum absolute atomic E-state index is 13.5. The van der Waals surface area contributed by atoms with E-state index in [1.165, 1.54) is 0 Å². The zero-order valence-corrected chi connectivity index (χ0v) is 10.0. The molecule has 0 bridgehead atoms. The Bertz CT molecular complexity index is 317. The van der Waals surface area contributed by atoms with Crippen LogP contribution in [0.25, 0.3) is 0 Å². The molecular formula is C10H12BrClFN. The van der Waals surface area contributed by atoms with Crippen LogP contribution in [0.4, 0.5) is 4.39 Å². The van der Waals surface area contributed by atoms with Crippen LogP contribution in [0.5, 0.6) is 0 Å². The molecule has 4 heteroatoms. The van der Waals surface area contributed by atoms with E-state index in [1.807, 2.05) is 0 Å². The molecule has 0 aromatic heterocycles. The summed E-state index contributed by atoms with van der Waals surface area (Å²) in [5.41, 5.74) is 6.01. The first-order valence-corrected chi connectivity index (χ1v) is 5.66. The van der Waals surface area contributed by atoms with E-state index >= 15 is 0 Å². The van der Waals surface area contributed by atoms with Gasteiger partial charge >= 0.3 is 0 Å². The predicted molar refractivity (Wildman–Crippen MR) is 61.1 cm³/mol. The van der Waals surface area contributed by atoms with E-state index in [9.17, 15) is 4.39 Å². The quantitative estimate of drug-likeness (QED) is 0.663. The van der Waals surface area contributed by atoms with E-state index in [-0.39, 0.29) is 10.8 Å². The highest BCUT2D eigenvalue weighted by molar-refractivity contribution is 9.10. The number of halogens is 3. The average Bonchev–Trinajstić information content (AvgIpc) is 2.18. The Morgan fingerprint density at radius 3 is 2.71 bits per heavy atom. The normalized spacial score (nSPS) is 10.6. The second kappa shape index (κ2) is 5.69. The second-order valence-electron chi connectivity index (χ2n) is 3.07. The summed E-state index contributed by atoms with van der Waals surface area (Å²) in [6.45, 7) is 0.639. The van der Waals surface area contributed by atoms with Gasteiger partial charge in [-0.3, -0.25) is 0 Å². The molecule has 0 saturated carbocycles. The van der Waals surface area contributed by atoms with Crippen molar-refractivity contribution in [2.75, 3.05) is 6.54 Å². The molecule has 0 saturated heterocycles. The highest BCUT2D eigenvalue weighted by atomic mass is 79.9. The van der Waals surface area contributed by atoms with Gasteiger partial charge in [0.05, 0.1) is 5.02 Å². The van der Waals surface area contributed by atoms with Gasteiger partial charge in [-0.15, -0.1) is 0 Å². The zero-order chi connectivity index (χ0) is 10.6. The summed E-state index contributed by atoms with van der Waals surface area (Å²) in [6, 6.07) is 3.32. The van der Waals surface area contributed by atoms with Crippen LogP contribution < -0.4 is 5.73 Å². The molecule has 14 heavy (non-hydrogen) atoms. The van der Waals surface area contributed by atoms with E-state index in [0.717, 1.165) is 17.3 Å². The van der Waals surface area contributed by atoms with Crippen molar-refractivity contribution in [2.24, 2.45) is 5.73 Å². The number of nitrogens with two attached hydrogens (primary N) is 1. The fourth-order valence-corrected chi connectivity index (χ4v) is 1.93. The molecule has 0 spiro atoms. The van der Waals surface area contributed by atoms with Crippen molar-refractivity contribution in [1.82, 2.24) is 0 Å². The molecule has 0 radical (unpaired) electrons. The van der Waals surface area contributed by atoms with Crippen LogP contribution in [-0.2, 0) is 6.42 Å². The lowest BCUT2D eigenvalue weighted by Crippen LogP contribution is -2.00. The summed E-state index contributed by atoms with van der Waals surface area (Å²) in [5, 5.41) is 0.177. The van der Waals surface area contributed by atoms with Crippen molar-refractivity contribution < 1.29 is 4.39 Å². The zero-order valence-electron chi connectivity index (χ0n) is 7.69. The first kappa shape index (κ1) is 12.0. The van der Waals surface area contributed by atoms with Crippen molar-refractivity contribution in [3.63, 3.8) is 0 Å². The van der Waals surface area contributed by atoms with Gasteiger partial charge in [0.25, 0.3) is 0 Å². The van der Waals surface area contributed by atoms with Gasteiger partial charge in [0, 0.05) is 10.0 Å². The molecule has 1 rings (SSSR count). The summed E-state index contributed by atoms with van der Waals surface area (Å²) in [7, 11) is 0. The van der Waals surface area contributed by atoms with Crippen LogP contribution >= 0.6 is 27.5 Å². The lowest BCUT2D eigenvalue weighted by atomic mass is 10.1. The van der Waals surface area contributed by atoms with Crippen molar-refractivity contribution in [1.29, 1.82) is 0 Å². The van der Waals surface area contributed by atoms with E-state index < -0.39 is 0 Å². The molecule has 0 fully saturated rings. The first-order chi connectivity index (χ1) is 6.66. The molecule has 2 N–H and O–H groups in total. The topological polar surface area (TPSA) is 26.0 Å². The van der Waals surface area contributed by atoms with Crippen LogP contribution in [-0.4, -0.2) is 6.54 Å². The van der Waals surface area contributed by atoms with Crippen molar-refractivity contribution in [3.05, 3.63) is 33.0 Å². The monoisotopic (exact) mass is 279 g/mol. The van der Waals surface area contributed by atoms with Crippen LogP contribution in [0, 0.1) is 5.82 Å². The van der Waals surface area contributed by atoms with Crippen molar-refractivity contribution in [2.45, 2.75) is 19.3 Å². The molecule has 0 heterocycles. The van der Waals surface area contributed by atoms with Crippen LogP contribution in [0.1, 0.15) is 18.4 Å². The Morgan fingerprint density at radius 1 is 1.36 bits per heavy atom. The minimum Gasteiger partial charge on any atom is -0.330 e. The molecule has 0 amide bonds. The maximum Gasteiger partial charge on any atom is 0.146 e. The van der Waals surface area contributed by atoms with Gasteiger partial charge in [-0.1, -0.05) is 27.5 Å². The van der Waals surface area contributed by atoms with Gasteiger partial charge in [0.2, 0.25) is 0 Å². The summed E-state index contributed by atoms with van der Waals surface area (Å²) in [6.07, 6.45) is 2.45. The van der Waals surface area contributed by atoms with Crippen LogP contribution in [0.15, 0.2) is 16.6 Å². The van der Waals surface area contributed by atoms with Crippen LogP contribution in [0.3, 0.4) is 0 Å². The number of unbranched alkanes of at least 4 members (excludes halogenated alkanes) is 1. The Balaban J connectivity index is 2.79. The van der Waals surface area contributed by atoms with Gasteiger partial charge in [-0.25, -0.2) is 4.39 Å². The Morgan fingerprint density at radius 2 is 2.07 bits per heavy atom. The van der Waals surface area contributed by atoms with E-state index in [1.54, 1.807) is 12.1 Å². The van der Waals surface area contributed by atoms with Gasteiger partial charge in [-0.05, 0) is 37.9 Å². The Kier molecular flexibility index (Phi) is 4.85. The standard InChI is InChI=1S/C10H12BrClFN/c11-8-4-5-9(12)10(13)7(8)3-1-2-6-14/h4-5H,1-3,6,14H2. The van der Waals surface area contributed by atoms with Gasteiger partial charge in [0.1, 0.15) is 5.82 Å². The van der Waals surface area contributed by atoms with Crippen molar-refractivity contribution in [3.8, 4) is 0 Å². The number of hydrogen-bond acceptors (Lipinski definition) is 1. The fraction of sp³-hybridized carbons (Fsp3) is 0.400. The molecule has 1 nitrogen and oxygen atoms in total. The average molecular weight is 281 g/mol. The summed E-state index contributed by atoms with van der Waals surface area (Å²) in [5.74, 6) is -0.321. The predicted octanol–water partition coefficient (Wildman–Crippen LogP) is 3.52. The lowest BCUT2D eigenvalue weighted by Gasteiger charge is -2.06. The Labute approximate surface area is 96.6 Å². The number of rotatable bonds is 4. The van der Waals surface area contributed by atoms with E-state index in [4.69, 9.17) is 17.3 Å². The largest absolute Gasteiger partial charge is 0.330 e. The highest BCUT2D eigenvalue weighted by Crippen LogP contribution is 2.27. The van der Waals surface area contributed by atoms with Gasteiger partial charge in [0.15, 0.2) is 0 Å². The molecule has 0 aliphatic rings. The molecule has 0 atom stereocenters. The Hall–Kier alpha value is -0.120. The minimum absolute atomic E-state index is 0.177. The molecular weight excluding hydrogens is 268 g/mol. The third-order valence-electron chi connectivity index (χ3n) is 2.02. The molecule has 1 aromatic carbocycles. The van der Waals surface area contributed by atoms with Gasteiger partial charge < -0.3 is 5.73 Å². The third-order valence-corrected chi connectivity index (χ3v) is 3.05. The molecule has 78 valence electrons. The van der Waals surface area contributed by atoms with E-state index in [2.05, 4.69) is 15.9 Å². The van der Waals surface area contributed by atoms with Crippen molar-refractivity contribution >= 4 is 27.5 Å². The summed E-state index contributed by atoms with van der Waals surface area (Å²) >= 11 is 8.98.